The Morgan fingerprint density at radius 1 is 0.889 bits per heavy atom. The number of hydrogen-bond donors (Lipinski definition) is 1. The standard InChI is InChI=1S/C16H15N2/c17-15-8-9-16-14(11-15)7-4-10-18(16)12-13-5-2-1-3-6-13/h1-11H,12,17H2/q+1. The maximum atomic E-state index is 5.82. The Hall–Kier alpha value is -2.35. The van der Waals surface area contributed by atoms with Gasteiger partial charge in [0.2, 0.25) is 5.52 Å². The summed E-state index contributed by atoms with van der Waals surface area (Å²) in [6.07, 6.45) is 2.10. The Balaban J connectivity index is 2.07. The van der Waals surface area contributed by atoms with Crippen LogP contribution in [-0.4, -0.2) is 0 Å². The molecule has 1 aromatic heterocycles. The minimum absolute atomic E-state index is 0.806. The summed E-state index contributed by atoms with van der Waals surface area (Å²) in [5, 5.41) is 1.17. The second kappa shape index (κ2) is 4.49. The van der Waals surface area contributed by atoms with Crippen molar-refractivity contribution in [3.05, 3.63) is 72.4 Å². The van der Waals surface area contributed by atoms with Gasteiger partial charge in [-0.1, -0.05) is 30.3 Å². The van der Waals surface area contributed by atoms with Crippen molar-refractivity contribution in [2.75, 3.05) is 5.73 Å². The van der Waals surface area contributed by atoms with E-state index in [0.29, 0.717) is 0 Å². The molecule has 88 valence electrons. The molecule has 2 nitrogen and oxygen atoms in total. The molecule has 2 heteroatoms. The van der Waals surface area contributed by atoms with Crippen LogP contribution in [0.4, 0.5) is 5.69 Å². The highest BCUT2D eigenvalue weighted by molar-refractivity contribution is 5.79. The van der Waals surface area contributed by atoms with Gasteiger partial charge in [-0.25, -0.2) is 0 Å². The van der Waals surface area contributed by atoms with E-state index >= 15 is 0 Å². The van der Waals surface area contributed by atoms with Crippen molar-refractivity contribution in [3.63, 3.8) is 0 Å². The average molecular weight is 235 g/mol. The number of pyridine rings is 1. The van der Waals surface area contributed by atoms with E-state index in [1.807, 2.05) is 18.2 Å². The highest BCUT2D eigenvalue weighted by atomic mass is 14.9. The van der Waals surface area contributed by atoms with Gasteiger partial charge >= 0.3 is 0 Å². The molecule has 0 spiro atoms. The number of nitrogens with zero attached hydrogens (tertiary/aromatic N) is 1. The minimum Gasteiger partial charge on any atom is -0.399 e. The molecule has 0 saturated heterocycles. The van der Waals surface area contributed by atoms with Gasteiger partial charge in [0, 0.05) is 28.8 Å². The van der Waals surface area contributed by atoms with Crippen LogP contribution in [0.5, 0.6) is 0 Å². The van der Waals surface area contributed by atoms with Gasteiger partial charge in [-0.15, -0.1) is 0 Å². The summed E-state index contributed by atoms with van der Waals surface area (Å²) in [6.45, 7) is 0.877. The maximum absolute atomic E-state index is 5.82. The molecule has 0 amide bonds. The van der Waals surface area contributed by atoms with Gasteiger partial charge in [0.15, 0.2) is 12.7 Å². The van der Waals surface area contributed by atoms with Gasteiger partial charge in [0.25, 0.3) is 0 Å². The zero-order chi connectivity index (χ0) is 12.4. The van der Waals surface area contributed by atoms with E-state index in [4.69, 9.17) is 5.73 Å². The monoisotopic (exact) mass is 235 g/mol. The first kappa shape index (κ1) is 10.8. The summed E-state index contributed by atoms with van der Waals surface area (Å²) >= 11 is 0. The van der Waals surface area contributed by atoms with Crippen LogP contribution in [0.1, 0.15) is 5.56 Å². The third-order valence-corrected chi connectivity index (χ3v) is 3.10. The number of benzene rings is 2. The second-order valence-corrected chi connectivity index (χ2v) is 4.44. The van der Waals surface area contributed by atoms with E-state index in [1.165, 1.54) is 16.5 Å². The zero-order valence-electron chi connectivity index (χ0n) is 10.1. The molecule has 1 heterocycles. The Morgan fingerprint density at radius 3 is 2.56 bits per heavy atom. The van der Waals surface area contributed by atoms with Gasteiger partial charge in [-0.3, -0.25) is 0 Å². The zero-order valence-corrected chi connectivity index (χ0v) is 10.1. The predicted molar refractivity (Wildman–Crippen MR) is 74.1 cm³/mol. The van der Waals surface area contributed by atoms with Crippen LogP contribution in [0.2, 0.25) is 0 Å². The van der Waals surface area contributed by atoms with E-state index in [1.54, 1.807) is 0 Å². The summed E-state index contributed by atoms with van der Waals surface area (Å²) in [4.78, 5) is 0. The quantitative estimate of drug-likeness (QED) is 0.537. The van der Waals surface area contributed by atoms with Crippen LogP contribution in [0.25, 0.3) is 10.9 Å². The van der Waals surface area contributed by atoms with Gasteiger partial charge in [-0.05, 0) is 18.2 Å². The molecule has 3 aromatic rings. The number of hydrogen-bond acceptors (Lipinski definition) is 1. The van der Waals surface area contributed by atoms with Crippen molar-refractivity contribution in [2.45, 2.75) is 6.54 Å². The van der Waals surface area contributed by atoms with Crippen molar-refractivity contribution in [2.24, 2.45) is 0 Å². The number of nitrogens with two attached hydrogens (primary N) is 1. The van der Waals surface area contributed by atoms with Gasteiger partial charge in [0.1, 0.15) is 0 Å². The molecule has 0 aliphatic rings. The number of rotatable bonds is 2. The first-order valence-electron chi connectivity index (χ1n) is 6.04. The van der Waals surface area contributed by atoms with E-state index in [2.05, 4.69) is 53.2 Å². The normalized spacial score (nSPS) is 10.7. The molecule has 18 heavy (non-hydrogen) atoms. The van der Waals surface area contributed by atoms with Crippen molar-refractivity contribution in [1.29, 1.82) is 0 Å². The molecular weight excluding hydrogens is 220 g/mol. The lowest BCUT2D eigenvalue weighted by Gasteiger charge is -2.02. The molecule has 0 aliphatic carbocycles. The van der Waals surface area contributed by atoms with E-state index in [9.17, 15) is 0 Å². The van der Waals surface area contributed by atoms with E-state index in [0.717, 1.165) is 12.2 Å². The molecule has 0 bridgehead atoms. The Kier molecular flexibility index (Phi) is 2.69. The molecule has 0 saturated carbocycles. The number of anilines is 1. The summed E-state index contributed by atoms with van der Waals surface area (Å²) < 4.78 is 2.24. The minimum atomic E-state index is 0.806. The van der Waals surface area contributed by atoms with Crippen molar-refractivity contribution >= 4 is 16.6 Å². The van der Waals surface area contributed by atoms with E-state index in [-0.39, 0.29) is 0 Å². The largest absolute Gasteiger partial charge is 0.399 e. The Labute approximate surface area is 106 Å². The average Bonchev–Trinajstić information content (AvgIpc) is 2.40. The Bertz CT molecular complexity index is 675. The van der Waals surface area contributed by atoms with Crippen LogP contribution >= 0.6 is 0 Å². The lowest BCUT2D eigenvalue weighted by molar-refractivity contribution is -0.662. The summed E-state index contributed by atoms with van der Waals surface area (Å²) in [6, 6.07) is 20.6. The number of aromatic nitrogens is 1. The van der Waals surface area contributed by atoms with Gasteiger partial charge in [-0.2, -0.15) is 4.57 Å². The highest BCUT2D eigenvalue weighted by Gasteiger charge is 2.08. The van der Waals surface area contributed by atoms with Crippen LogP contribution in [0, 0.1) is 0 Å². The second-order valence-electron chi connectivity index (χ2n) is 4.44. The fourth-order valence-corrected chi connectivity index (χ4v) is 2.22. The smallest absolute Gasteiger partial charge is 0.212 e. The lowest BCUT2D eigenvalue weighted by Crippen LogP contribution is -2.34. The lowest BCUT2D eigenvalue weighted by atomic mass is 10.1. The Morgan fingerprint density at radius 2 is 1.72 bits per heavy atom. The van der Waals surface area contributed by atoms with Crippen LogP contribution in [0.3, 0.4) is 0 Å². The first-order chi connectivity index (χ1) is 8.83. The van der Waals surface area contributed by atoms with Crippen LogP contribution in [-0.2, 0) is 6.54 Å². The molecule has 0 radical (unpaired) electrons. The predicted octanol–water partition coefficient (Wildman–Crippen LogP) is 2.76. The molecule has 0 fully saturated rings. The summed E-state index contributed by atoms with van der Waals surface area (Å²) in [5.41, 5.74) is 9.12. The summed E-state index contributed by atoms with van der Waals surface area (Å²) in [7, 11) is 0. The molecule has 2 N–H and O–H groups in total. The highest BCUT2D eigenvalue weighted by Crippen LogP contribution is 2.13. The molecular formula is C16H15N2+. The topological polar surface area (TPSA) is 29.9 Å². The molecule has 2 aromatic carbocycles. The maximum Gasteiger partial charge on any atom is 0.212 e. The number of nitrogen functional groups attached to an aromatic ring is 1. The SMILES string of the molecule is Nc1ccc2c(ccc[n+]2Cc2ccccc2)c1. The molecule has 0 unspecified atom stereocenters. The molecule has 0 aliphatic heterocycles. The van der Waals surface area contributed by atoms with Crippen molar-refractivity contribution in [3.8, 4) is 0 Å². The van der Waals surface area contributed by atoms with Crippen LogP contribution in [0.15, 0.2) is 66.9 Å². The fourth-order valence-electron chi connectivity index (χ4n) is 2.22. The van der Waals surface area contributed by atoms with Gasteiger partial charge < -0.3 is 5.73 Å². The van der Waals surface area contributed by atoms with Crippen molar-refractivity contribution in [1.82, 2.24) is 0 Å². The number of fused-ring (bicyclic) bond motifs is 1. The molecule has 3 rings (SSSR count). The third-order valence-electron chi connectivity index (χ3n) is 3.10. The van der Waals surface area contributed by atoms with Gasteiger partial charge in [0.05, 0.1) is 0 Å². The third kappa shape index (κ3) is 2.05. The fraction of sp³-hybridized carbons (Fsp3) is 0.0625. The van der Waals surface area contributed by atoms with E-state index < -0.39 is 0 Å². The van der Waals surface area contributed by atoms with Crippen LogP contribution < -0.4 is 10.3 Å². The van der Waals surface area contributed by atoms with Crippen molar-refractivity contribution < 1.29 is 4.57 Å². The molecule has 0 atom stereocenters. The first-order valence-corrected chi connectivity index (χ1v) is 6.04. The summed E-state index contributed by atoms with van der Waals surface area (Å²) in [5.74, 6) is 0.